The molecular formula is C36H46NS+. The van der Waals surface area contributed by atoms with Crippen molar-refractivity contribution in [2.45, 2.75) is 98.3 Å². The monoisotopic (exact) mass is 525 g/mol. The molecule has 2 heteroatoms. The van der Waals surface area contributed by atoms with E-state index in [4.69, 9.17) is 0 Å². The molecule has 38 heavy (non-hydrogen) atoms. The summed E-state index contributed by atoms with van der Waals surface area (Å²) in [6.07, 6.45) is 5.21. The number of aryl methyl sites for hydroxylation is 2. The molecule has 0 bridgehead atoms. The van der Waals surface area contributed by atoms with E-state index >= 15 is 0 Å². The molecule has 0 unspecified atom stereocenters. The summed E-state index contributed by atoms with van der Waals surface area (Å²) in [7, 11) is 2.19. The second-order valence-corrected chi connectivity index (χ2v) is 16.3. The van der Waals surface area contributed by atoms with Crippen LogP contribution in [0.3, 0.4) is 0 Å². The molecule has 1 aliphatic rings. The third-order valence-corrected chi connectivity index (χ3v) is 8.66. The van der Waals surface area contributed by atoms with Gasteiger partial charge in [-0.15, -0.1) is 0 Å². The van der Waals surface area contributed by atoms with Gasteiger partial charge in [-0.2, -0.15) is 0 Å². The van der Waals surface area contributed by atoms with Gasteiger partial charge in [0.2, 0.25) is 5.69 Å². The van der Waals surface area contributed by atoms with Crippen molar-refractivity contribution in [3.05, 3.63) is 64.8 Å². The summed E-state index contributed by atoms with van der Waals surface area (Å²) in [6.45, 7) is 23.1. The van der Waals surface area contributed by atoms with Gasteiger partial charge in [0.05, 0.1) is 12.3 Å². The number of hydrogen-bond acceptors (Lipinski definition) is 1. The molecule has 0 atom stereocenters. The lowest BCUT2D eigenvalue weighted by Crippen LogP contribution is -2.32. The van der Waals surface area contributed by atoms with Crippen molar-refractivity contribution < 1.29 is 5.94 Å². The van der Waals surface area contributed by atoms with Crippen molar-refractivity contribution >= 4 is 33.3 Å². The van der Waals surface area contributed by atoms with Crippen molar-refractivity contribution in [1.29, 1.82) is 0 Å². The predicted octanol–water partition coefficient (Wildman–Crippen LogP) is 10.0. The highest BCUT2D eigenvalue weighted by molar-refractivity contribution is 7.99. The molecule has 2 heterocycles. The zero-order chi connectivity index (χ0) is 28.7. The number of fused-ring (bicyclic) bond motifs is 3. The van der Waals surface area contributed by atoms with Crippen LogP contribution in [0.1, 0.15) is 85.9 Å². The van der Waals surface area contributed by atoms with Crippen LogP contribution in [0.25, 0.3) is 32.8 Å². The fraction of sp³-hybridized carbons (Fsp3) is 0.472. The molecule has 0 saturated heterocycles. The lowest BCUT2D eigenvalue weighted by atomic mass is 9.81. The highest BCUT2D eigenvalue weighted by Gasteiger charge is 2.33. The minimum absolute atomic E-state index is 0.107. The van der Waals surface area contributed by atoms with E-state index in [0.29, 0.717) is 6.04 Å². The van der Waals surface area contributed by atoms with Gasteiger partial charge in [0.1, 0.15) is 7.05 Å². The van der Waals surface area contributed by atoms with E-state index in [9.17, 15) is 1.37 Å². The average molecular weight is 526 g/mol. The van der Waals surface area contributed by atoms with E-state index in [2.05, 4.69) is 117 Å². The topological polar surface area (TPSA) is 3.88 Å². The third kappa shape index (κ3) is 5.26. The first-order valence-corrected chi connectivity index (χ1v) is 15.0. The normalized spacial score (nSPS) is 14.2. The standard InChI is InChI=1S/C36H46NS/c1-22-27-17-23(19-34(2,3)4)12-13-26(27)28(21-36(8,9)10)33-30(22)32-31-25(14-15-37(32)11)16-24(18-29(31)38-33)20-35(5,6)7/h12-18H,19-21H2,1-11H3/q+1/i13D. The van der Waals surface area contributed by atoms with Gasteiger partial charge in [-0.3, -0.25) is 0 Å². The van der Waals surface area contributed by atoms with E-state index in [1.165, 1.54) is 59.5 Å². The second-order valence-electron chi connectivity index (χ2n) is 15.3. The molecule has 0 N–H and O–H groups in total. The summed E-state index contributed by atoms with van der Waals surface area (Å²) in [4.78, 5) is 2.71. The number of benzene rings is 3. The Hall–Kier alpha value is -2.32. The van der Waals surface area contributed by atoms with Crippen LogP contribution in [0.2, 0.25) is 0 Å². The Morgan fingerprint density at radius 1 is 0.789 bits per heavy atom. The smallest absolute Gasteiger partial charge is 0.200 e. The molecule has 0 radical (unpaired) electrons. The van der Waals surface area contributed by atoms with Crippen LogP contribution < -0.4 is 4.57 Å². The number of hydrogen-bond donors (Lipinski definition) is 0. The summed E-state index contributed by atoms with van der Waals surface area (Å²) in [5.41, 5.74) is 8.52. The van der Waals surface area contributed by atoms with Crippen molar-refractivity contribution in [2.24, 2.45) is 23.3 Å². The average Bonchev–Trinajstić information content (AvgIpc) is 2.75. The van der Waals surface area contributed by atoms with E-state index in [-0.39, 0.29) is 16.2 Å². The molecule has 1 nitrogen and oxygen atoms in total. The SMILES string of the molecule is [2H]c1cc(CC(C)(C)C)cc2c(C)c3c(c(CC(C)(C)C)c12)Sc1cc(CC(C)(C)C)cc2cc[n+](C)c-3c12. The summed E-state index contributed by atoms with van der Waals surface area (Å²) in [6, 6.07) is 12.3. The molecule has 1 aliphatic heterocycles. The van der Waals surface area contributed by atoms with Crippen LogP contribution in [-0.4, -0.2) is 0 Å². The molecule has 0 spiro atoms. The molecular weight excluding hydrogens is 478 g/mol. The number of nitrogens with zero attached hydrogens (tertiary/aromatic N) is 1. The zero-order valence-electron chi connectivity index (χ0n) is 26.4. The molecule has 0 amide bonds. The van der Waals surface area contributed by atoms with E-state index in [1.807, 2.05) is 11.8 Å². The highest BCUT2D eigenvalue weighted by atomic mass is 32.2. The van der Waals surface area contributed by atoms with Gasteiger partial charge >= 0.3 is 0 Å². The summed E-state index contributed by atoms with van der Waals surface area (Å²) < 4.78 is 11.6. The van der Waals surface area contributed by atoms with E-state index in [0.717, 1.165) is 24.6 Å². The second kappa shape index (κ2) is 9.12. The van der Waals surface area contributed by atoms with Gasteiger partial charge in [-0.25, -0.2) is 4.57 Å². The van der Waals surface area contributed by atoms with Crippen LogP contribution in [0.4, 0.5) is 0 Å². The van der Waals surface area contributed by atoms with Crippen molar-refractivity contribution in [3.8, 4) is 11.3 Å². The van der Waals surface area contributed by atoms with Gasteiger partial charge in [0, 0.05) is 15.9 Å². The molecule has 4 aromatic rings. The predicted molar refractivity (Wildman–Crippen MR) is 166 cm³/mol. The minimum atomic E-state index is 0.107. The van der Waals surface area contributed by atoms with E-state index < -0.39 is 0 Å². The molecule has 0 fully saturated rings. The van der Waals surface area contributed by atoms with Crippen LogP contribution in [-0.2, 0) is 26.3 Å². The highest BCUT2D eigenvalue weighted by Crippen LogP contribution is 2.53. The maximum Gasteiger partial charge on any atom is 0.222 e. The van der Waals surface area contributed by atoms with Crippen LogP contribution in [0.5, 0.6) is 0 Å². The largest absolute Gasteiger partial charge is 0.222 e. The minimum Gasteiger partial charge on any atom is -0.200 e. The molecule has 3 aromatic carbocycles. The lowest BCUT2D eigenvalue weighted by Gasteiger charge is -2.29. The Kier molecular flexibility index (Phi) is 6.22. The van der Waals surface area contributed by atoms with Gasteiger partial charge in [0.15, 0.2) is 6.20 Å². The quantitative estimate of drug-likeness (QED) is 0.212. The van der Waals surface area contributed by atoms with Gasteiger partial charge < -0.3 is 0 Å². The Balaban J connectivity index is 1.89. The summed E-state index contributed by atoms with van der Waals surface area (Å²) >= 11 is 1.95. The first-order chi connectivity index (χ1) is 17.9. The third-order valence-electron chi connectivity index (χ3n) is 7.47. The number of pyridine rings is 1. The fourth-order valence-corrected chi connectivity index (χ4v) is 7.59. The maximum atomic E-state index is 9.30. The lowest BCUT2D eigenvalue weighted by molar-refractivity contribution is -0.659. The molecule has 1 aromatic heterocycles. The Bertz CT molecular complexity index is 1620. The fourth-order valence-electron chi connectivity index (χ4n) is 6.20. The Labute approximate surface area is 236 Å². The molecule has 5 rings (SSSR count). The van der Waals surface area contributed by atoms with Gasteiger partial charge in [-0.1, -0.05) is 98.3 Å². The Morgan fingerprint density at radius 2 is 1.42 bits per heavy atom. The molecule has 0 saturated carbocycles. The first-order valence-electron chi connectivity index (χ1n) is 14.6. The summed E-state index contributed by atoms with van der Waals surface area (Å²) in [5, 5.41) is 5.11. The van der Waals surface area contributed by atoms with Crippen molar-refractivity contribution in [1.82, 2.24) is 0 Å². The van der Waals surface area contributed by atoms with Crippen molar-refractivity contribution in [3.63, 3.8) is 0 Å². The maximum absolute atomic E-state index is 9.30. The van der Waals surface area contributed by atoms with Crippen molar-refractivity contribution in [2.75, 3.05) is 0 Å². The van der Waals surface area contributed by atoms with Gasteiger partial charge in [-0.05, 0) is 86.9 Å². The number of aromatic nitrogens is 1. The number of rotatable bonds is 3. The summed E-state index contributed by atoms with van der Waals surface area (Å²) in [5.74, 6) is 0. The molecule has 200 valence electrons. The van der Waals surface area contributed by atoms with Crippen LogP contribution in [0, 0.1) is 23.2 Å². The van der Waals surface area contributed by atoms with Crippen LogP contribution >= 0.6 is 11.8 Å². The first kappa shape index (κ1) is 25.9. The van der Waals surface area contributed by atoms with E-state index in [1.54, 1.807) is 0 Å². The zero-order valence-corrected chi connectivity index (χ0v) is 26.3. The van der Waals surface area contributed by atoms with Crippen LogP contribution in [0.15, 0.2) is 52.4 Å². The molecule has 0 aliphatic carbocycles. The van der Waals surface area contributed by atoms with Gasteiger partial charge in [0.25, 0.3) is 0 Å². The Morgan fingerprint density at radius 3 is 2.05 bits per heavy atom.